The van der Waals surface area contributed by atoms with Crippen LogP contribution in [0.25, 0.3) is 0 Å². The van der Waals surface area contributed by atoms with Gasteiger partial charge in [-0.05, 0) is 54.9 Å². The molecule has 0 aliphatic heterocycles. The van der Waals surface area contributed by atoms with Gasteiger partial charge in [0.1, 0.15) is 0 Å². The van der Waals surface area contributed by atoms with Crippen LogP contribution in [0.4, 0.5) is 0 Å². The first-order valence-corrected chi connectivity index (χ1v) is 8.09. The van der Waals surface area contributed by atoms with Gasteiger partial charge in [0, 0.05) is 17.1 Å². The number of amides is 1. The molecule has 0 fully saturated rings. The van der Waals surface area contributed by atoms with Crippen LogP contribution in [-0.2, 0) is 0 Å². The van der Waals surface area contributed by atoms with Crippen molar-refractivity contribution in [1.82, 2.24) is 5.32 Å². The van der Waals surface area contributed by atoms with Gasteiger partial charge in [-0.25, -0.2) is 0 Å². The Bertz CT molecular complexity index is 427. The Kier molecular flexibility index (Phi) is 7.81. The molecule has 0 heterocycles. The molecule has 0 bridgehead atoms. The van der Waals surface area contributed by atoms with E-state index >= 15 is 0 Å². The summed E-state index contributed by atoms with van der Waals surface area (Å²) < 4.78 is 0. The summed E-state index contributed by atoms with van der Waals surface area (Å²) in [6.45, 7) is 9.59. The fourth-order valence-corrected chi connectivity index (χ4v) is 2.57. The molecule has 1 amide bonds. The third-order valence-corrected chi connectivity index (χ3v) is 3.88. The molecule has 0 aliphatic carbocycles. The maximum atomic E-state index is 12.0. The topological polar surface area (TPSA) is 29.1 Å². The van der Waals surface area contributed by atoms with E-state index in [-0.39, 0.29) is 5.91 Å². The number of halogens is 1. The number of carbonyl (C=O) groups excluding carboxylic acids is 1. The highest BCUT2D eigenvalue weighted by molar-refractivity contribution is 6.30. The van der Waals surface area contributed by atoms with Crippen molar-refractivity contribution in [3.8, 4) is 0 Å². The average Bonchev–Trinajstić information content (AvgIpc) is 2.42. The maximum Gasteiger partial charge on any atom is 0.251 e. The van der Waals surface area contributed by atoms with Gasteiger partial charge in [-0.2, -0.15) is 0 Å². The molecular weight excluding hydrogens is 282 g/mol. The Hall–Kier alpha value is -1.02. The monoisotopic (exact) mass is 308 g/mol. The number of rotatable bonds is 8. The zero-order valence-corrected chi connectivity index (χ0v) is 14.3. The molecule has 2 unspecified atom stereocenters. The minimum absolute atomic E-state index is 0.0238. The summed E-state index contributed by atoms with van der Waals surface area (Å²) in [6.07, 6.45) is 3.56. The van der Waals surface area contributed by atoms with Crippen LogP contribution in [0.1, 0.15) is 57.3 Å². The van der Waals surface area contributed by atoms with E-state index < -0.39 is 0 Å². The van der Waals surface area contributed by atoms with Crippen molar-refractivity contribution in [3.05, 3.63) is 40.8 Å². The second-order valence-corrected chi connectivity index (χ2v) is 6.85. The zero-order chi connectivity index (χ0) is 15.8. The summed E-state index contributed by atoms with van der Waals surface area (Å²) in [7, 11) is 0. The molecule has 1 N–H and O–H groups in total. The quantitative estimate of drug-likeness (QED) is 0.709. The minimum Gasteiger partial charge on any atom is -0.352 e. The van der Waals surface area contributed by atoms with Crippen LogP contribution in [0.15, 0.2) is 24.3 Å². The molecule has 0 aliphatic rings. The Labute approximate surface area is 134 Å². The van der Waals surface area contributed by atoms with E-state index in [1.807, 2.05) is 0 Å². The molecule has 21 heavy (non-hydrogen) atoms. The molecular formula is C18H27ClNO. The third-order valence-electron chi connectivity index (χ3n) is 3.63. The number of carbonyl (C=O) groups is 1. The standard InChI is InChI=1S/C18H27ClNO/c1-13(2)11-14(3)5-6-15(4)12-20-18(21)16-7-9-17(19)10-8-16/h7-10,14-15H,5-6,11-12H2,1-4H3,(H,20,21). The van der Waals surface area contributed by atoms with Crippen LogP contribution in [0.5, 0.6) is 0 Å². The van der Waals surface area contributed by atoms with Crippen molar-refractivity contribution in [2.45, 2.75) is 47.0 Å². The van der Waals surface area contributed by atoms with Gasteiger partial charge in [0.25, 0.3) is 5.91 Å². The van der Waals surface area contributed by atoms with Crippen molar-refractivity contribution in [3.63, 3.8) is 0 Å². The number of nitrogens with one attached hydrogen (secondary N) is 1. The molecule has 117 valence electrons. The highest BCUT2D eigenvalue weighted by Crippen LogP contribution is 2.20. The van der Waals surface area contributed by atoms with E-state index in [2.05, 4.69) is 33.0 Å². The van der Waals surface area contributed by atoms with E-state index in [0.29, 0.717) is 16.5 Å². The van der Waals surface area contributed by atoms with Crippen molar-refractivity contribution in [1.29, 1.82) is 0 Å². The van der Waals surface area contributed by atoms with Gasteiger partial charge in [-0.15, -0.1) is 0 Å². The van der Waals surface area contributed by atoms with Gasteiger partial charge >= 0.3 is 0 Å². The molecule has 2 atom stereocenters. The molecule has 1 rings (SSSR count). The van der Waals surface area contributed by atoms with Gasteiger partial charge in [0.15, 0.2) is 0 Å². The lowest BCUT2D eigenvalue weighted by atomic mass is 9.91. The van der Waals surface area contributed by atoms with Crippen molar-refractivity contribution in [2.75, 3.05) is 6.54 Å². The lowest BCUT2D eigenvalue weighted by Crippen LogP contribution is -2.28. The van der Waals surface area contributed by atoms with Crippen LogP contribution in [-0.4, -0.2) is 12.5 Å². The maximum absolute atomic E-state index is 12.0. The second-order valence-electron chi connectivity index (χ2n) is 6.42. The van der Waals surface area contributed by atoms with E-state index in [1.165, 1.54) is 18.8 Å². The van der Waals surface area contributed by atoms with Gasteiger partial charge < -0.3 is 5.32 Å². The summed E-state index contributed by atoms with van der Waals surface area (Å²) >= 11 is 5.82. The van der Waals surface area contributed by atoms with E-state index in [0.717, 1.165) is 18.9 Å². The normalized spacial score (nSPS) is 14.0. The first-order valence-electron chi connectivity index (χ1n) is 7.71. The van der Waals surface area contributed by atoms with Gasteiger partial charge in [0.05, 0.1) is 0 Å². The zero-order valence-electron chi connectivity index (χ0n) is 13.6. The van der Waals surface area contributed by atoms with E-state index in [4.69, 9.17) is 11.6 Å². The van der Waals surface area contributed by atoms with Gasteiger partial charge in [0.2, 0.25) is 0 Å². The van der Waals surface area contributed by atoms with Crippen molar-refractivity contribution in [2.24, 2.45) is 11.8 Å². The predicted octanol–water partition coefficient (Wildman–Crippen LogP) is 5.13. The van der Waals surface area contributed by atoms with Gasteiger partial charge in [-0.1, -0.05) is 45.7 Å². The lowest BCUT2D eigenvalue weighted by Gasteiger charge is -2.17. The van der Waals surface area contributed by atoms with Crippen LogP contribution in [0.3, 0.4) is 0 Å². The number of benzene rings is 1. The van der Waals surface area contributed by atoms with E-state index in [9.17, 15) is 4.79 Å². The van der Waals surface area contributed by atoms with Crippen molar-refractivity contribution >= 4 is 17.5 Å². The highest BCUT2D eigenvalue weighted by atomic mass is 35.5. The molecule has 1 aromatic carbocycles. The Balaban J connectivity index is 2.27. The summed E-state index contributed by atoms with van der Waals surface area (Å²) in [6, 6.07) is 6.99. The SMILES string of the molecule is C[C](C)CC(C)CCC(C)CNC(=O)c1ccc(Cl)cc1. The smallest absolute Gasteiger partial charge is 0.251 e. The Morgan fingerprint density at radius 3 is 2.24 bits per heavy atom. The van der Waals surface area contributed by atoms with Crippen LogP contribution in [0, 0.1) is 17.8 Å². The van der Waals surface area contributed by atoms with Crippen LogP contribution < -0.4 is 5.32 Å². The predicted molar refractivity (Wildman–Crippen MR) is 90.6 cm³/mol. The molecule has 3 heteroatoms. The molecule has 1 aromatic rings. The number of hydrogen-bond donors (Lipinski definition) is 1. The summed E-state index contributed by atoms with van der Waals surface area (Å²) in [5, 5.41) is 3.65. The first kappa shape index (κ1) is 18.0. The van der Waals surface area contributed by atoms with Crippen molar-refractivity contribution < 1.29 is 4.79 Å². The lowest BCUT2D eigenvalue weighted by molar-refractivity contribution is 0.0947. The molecule has 0 spiro atoms. The fourth-order valence-electron chi connectivity index (χ4n) is 2.44. The fraction of sp³-hybridized carbons (Fsp3) is 0.556. The minimum atomic E-state index is -0.0238. The molecule has 0 aromatic heterocycles. The highest BCUT2D eigenvalue weighted by Gasteiger charge is 2.10. The molecule has 0 saturated heterocycles. The van der Waals surface area contributed by atoms with Crippen LogP contribution >= 0.6 is 11.6 Å². The average molecular weight is 309 g/mol. The van der Waals surface area contributed by atoms with Crippen LogP contribution in [0.2, 0.25) is 5.02 Å². The third kappa shape index (κ3) is 7.52. The summed E-state index contributed by atoms with van der Waals surface area (Å²) in [5.74, 6) is 2.70. The number of hydrogen-bond acceptors (Lipinski definition) is 1. The largest absolute Gasteiger partial charge is 0.352 e. The first-order chi connectivity index (χ1) is 9.88. The Morgan fingerprint density at radius 2 is 1.67 bits per heavy atom. The molecule has 0 saturated carbocycles. The molecule has 2 nitrogen and oxygen atoms in total. The summed E-state index contributed by atoms with van der Waals surface area (Å²) in [4.78, 5) is 12.0. The van der Waals surface area contributed by atoms with Gasteiger partial charge in [-0.3, -0.25) is 4.79 Å². The molecule has 1 radical (unpaired) electrons. The second kappa shape index (κ2) is 9.09. The summed E-state index contributed by atoms with van der Waals surface area (Å²) in [5.41, 5.74) is 0.663. The Morgan fingerprint density at radius 1 is 1.10 bits per heavy atom. The van der Waals surface area contributed by atoms with E-state index in [1.54, 1.807) is 24.3 Å².